The zero-order valence-electron chi connectivity index (χ0n) is 7.56. The second-order valence-electron chi connectivity index (χ2n) is 2.88. The lowest BCUT2D eigenvalue weighted by Crippen LogP contribution is -2.10. The van der Waals surface area contributed by atoms with E-state index >= 15 is 0 Å². The molecule has 0 saturated heterocycles. The third-order valence-corrected chi connectivity index (χ3v) is 2.14. The molecule has 0 aliphatic carbocycles. The molecule has 0 nitrogen and oxygen atoms in total. The fraction of sp³-hybridized carbons (Fsp3) is 0.800. The van der Waals surface area contributed by atoms with Gasteiger partial charge in [-0.15, -0.1) is 0 Å². The Bertz CT molecular complexity index is 66.4. The third-order valence-electron chi connectivity index (χ3n) is 2.14. The highest BCUT2D eigenvalue weighted by Gasteiger charge is 2.11. The van der Waals surface area contributed by atoms with Crippen molar-refractivity contribution in [3.8, 4) is 0 Å². The van der Waals surface area contributed by atoms with Gasteiger partial charge in [0.05, 0.1) is 0 Å². The van der Waals surface area contributed by atoms with Crippen LogP contribution < -0.4 is 0 Å². The van der Waals surface area contributed by atoms with Gasteiger partial charge in [0.25, 0.3) is 0 Å². The summed E-state index contributed by atoms with van der Waals surface area (Å²) in [6, 6.07) is 0. The van der Waals surface area contributed by atoms with Crippen molar-refractivity contribution in [2.75, 3.05) is 0 Å². The molecule has 0 fully saturated rings. The Morgan fingerprint density at radius 2 is 1.80 bits per heavy atom. The predicted molar refractivity (Wildman–Crippen MR) is 47.5 cm³/mol. The fourth-order valence-corrected chi connectivity index (χ4v) is 1.30. The van der Waals surface area contributed by atoms with Crippen molar-refractivity contribution in [1.82, 2.24) is 0 Å². The summed E-state index contributed by atoms with van der Waals surface area (Å²) < 4.78 is 0. The van der Waals surface area contributed by atoms with Crippen molar-refractivity contribution in [3.63, 3.8) is 0 Å². The zero-order chi connectivity index (χ0) is 7.98. The molecular weight excluding hydrogens is 120 g/mol. The van der Waals surface area contributed by atoms with Gasteiger partial charge in [0.2, 0.25) is 0 Å². The van der Waals surface area contributed by atoms with E-state index in [0.29, 0.717) is 5.92 Å². The molecule has 0 heteroatoms. The largest absolute Gasteiger partial charge is 0.0651 e. The van der Waals surface area contributed by atoms with E-state index in [2.05, 4.69) is 34.1 Å². The molecule has 0 aromatic rings. The summed E-state index contributed by atoms with van der Waals surface area (Å²) in [7, 11) is 0. The first-order valence-corrected chi connectivity index (χ1v) is 4.42. The summed E-state index contributed by atoms with van der Waals surface area (Å²) in [6.07, 6.45) is 6.02. The molecule has 0 heterocycles. The minimum absolute atomic E-state index is 0.630. The minimum Gasteiger partial charge on any atom is -0.0651 e. The van der Waals surface area contributed by atoms with E-state index in [9.17, 15) is 0 Å². The van der Waals surface area contributed by atoms with Crippen molar-refractivity contribution in [2.24, 2.45) is 11.8 Å². The maximum absolute atomic E-state index is 4.12. The average molecular weight is 140 g/mol. The van der Waals surface area contributed by atoms with Crippen LogP contribution in [0.1, 0.15) is 40.0 Å². The van der Waals surface area contributed by atoms with Crippen LogP contribution in [0.4, 0.5) is 0 Å². The number of hydrogen-bond acceptors (Lipinski definition) is 0. The molecule has 2 radical (unpaired) electrons. The Morgan fingerprint density at radius 1 is 1.20 bits per heavy atom. The molecule has 0 amide bonds. The molecule has 0 spiro atoms. The van der Waals surface area contributed by atoms with E-state index in [0.717, 1.165) is 5.92 Å². The van der Waals surface area contributed by atoms with Gasteiger partial charge < -0.3 is 0 Å². The molecule has 0 saturated carbocycles. The van der Waals surface area contributed by atoms with Crippen molar-refractivity contribution in [1.29, 1.82) is 0 Å². The normalized spacial score (nSPS) is 16.8. The predicted octanol–water partition coefficient (Wildman–Crippen LogP) is 3.49. The van der Waals surface area contributed by atoms with E-state index in [4.69, 9.17) is 0 Å². The van der Waals surface area contributed by atoms with Crippen LogP contribution in [0.3, 0.4) is 0 Å². The molecule has 0 aromatic carbocycles. The summed E-state index contributed by atoms with van der Waals surface area (Å²) in [5.41, 5.74) is 0. The Kier molecular flexibility index (Phi) is 5.76. The Labute approximate surface area is 66.0 Å². The van der Waals surface area contributed by atoms with Crippen LogP contribution in [0, 0.1) is 25.2 Å². The molecule has 0 aliphatic rings. The van der Waals surface area contributed by atoms with E-state index in [1.54, 1.807) is 0 Å². The first-order valence-electron chi connectivity index (χ1n) is 4.42. The van der Waals surface area contributed by atoms with Crippen LogP contribution in [0.2, 0.25) is 0 Å². The highest BCUT2D eigenvalue weighted by atomic mass is 14.2. The van der Waals surface area contributed by atoms with Gasteiger partial charge in [-0.2, -0.15) is 0 Å². The topological polar surface area (TPSA) is 0 Å². The van der Waals surface area contributed by atoms with Crippen molar-refractivity contribution in [3.05, 3.63) is 13.3 Å². The van der Waals surface area contributed by atoms with Crippen LogP contribution in [0.15, 0.2) is 0 Å². The molecule has 0 N–H and O–H groups in total. The zero-order valence-corrected chi connectivity index (χ0v) is 7.56. The van der Waals surface area contributed by atoms with Crippen LogP contribution in [0.5, 0.6) is 0 Å². The van der Waals surface area contributed by atoms with Crippen LogP contribution in [-0.2, 0) is 0 Å². The second-order valence-corrected chi connectivity index (χ2v) is 2.88. The van der Waals surface area contributed by atoms with Crippen LogP contribution in [-0.4, -0.2) is 0 Å². The first kappa shape index (κ1) is 10.0. The maximum atomic E-state index is 4.12. The SMILES string of the molecule is [CH2]C(CC)C([CH]CC)CC. The Hall–Kier alpha value is 0. The molecule has 0 rings (SSSR count). The molecule has 0 bridgehead atoms. The minimum atomic E-state index is 0.630. The lowest BCUT2D eigenvalue weighted by Gasteiger charge is -2.19. The van der Waals surface area contributed by atoms with Gasteiger partial charge in [-0.25, -0.2) is 0 Å². The van der Waals surface area contributed by atoms with Crippen LogP contribution >= 0.6 is 0 Å². The highest BCUT2D eigenvalue weighted by molar-refractivity contribution is 4.80. The summed E-state index contributed by atoms with van der Waals surface area (Å²) in [4.78, 5) is 0. The molecule has 0 aromatic heterocycles. The number of rotatable bonds is 5. The Balaban J connectivity index is 3.56. The quantitative estimate of drug-likeness (QED) is 0.548. The molecule has 0 aliphatic heterocycles. The van der Waals surface area contributed by atoms with Crippen molar-refractivity contribution in [2.45, 2.75) is 40.0 Å². The summed E-state index contributed by atoms with van der Waals surface area (Å²) >= 11 is 0. The monoisotopic (exact) mass is 140 g/mol. The molecule has 60 valence electrons. The first-order chi connectivity index (χ1) is 4.76. The van der Waals surface area contributed by atoms with Gasteiger partial charge >= 0.3 is 0 Å². The molecule has 10 heavy (non-hydrogen) atoms. The van der Waals surface area contributed by atoms with E-state index in [-0.39, 0.29) is 0 Å². The molecule has 2 atom stereocenters. The van der Waals surface area contributed by atoms with Gasteiger partial charge in [0.15, 0.2) is 0 Å². The third kappa shape index (κ3) is 3.24. The van der Waals surface area contributed by atoms with E-state index < -0.39 is 0 Å². The van der Waals surface area contributed by atoms with Gasteiger partial charge in [0.1, 0.15) is 0 Å². The molecular formula is C10H20. The lowest BCUT2D eigenvalue weighted by molar-refractivity contribution is 0.411. The summed E-state index contributed by atoms with van der Waals surface area (Å²) in [5.74, 6) is 1.37. The lowest BCUT2D eigenvalue weighted by atomic mass is 9.86. The van der Waals surface area contributed by atoms with Gasteiger partial charge in [-0.05, 0) is 25.2 Å². The number of hydrogen-bond donors (Lipinski definition) is 0. The van der Waals surface area contributed by atoms with Gasteiger partial charge in [0, 0.05) is 0 Å². The summed E-state index contributed by atoms with van der Waals surface area (Å²) in [5, 5.41) is 0. The highest BCUT2D eigenvalue weighted by Crippen LogP contribution is 2.21. The second kappa shape index (κ2) is 5.76. The molecule has 2 unspecified atom stereocenters. The van der Waals surface area contributed by atoms with Crippen molar-refractivity contribution < 1.29 is 0 Å². The van der Waals surface area contributed by atoms with Gasteiger partial charge in [-0.3, -0.25) is 0 Å². The van der Waals surface area contributed by atoms with E-state index in [1.807, 2.05) is 0 Å². The van der Waals surface area contributed by atoms with Crippen molar-refractivity contribution >= 4 is 0 Å². The average Bonchev–Trinajstić information content (AvgIpc) is 1.99. The summed E-state index contributed by atoms with van der Waals surface area (Å²) in [6.45, 7) is 10.8. The van der Waals surface area contributed by atoms with Gasteiger partial charge in [-0.1, -0.05) is 40.0 Å². The fourth-order valence-electron chi connectivity index (χ4n) is 1.30. The maximum Gasteiger partial charge on any atom is -0.0355 e. The van der Waals surface area contributed by atoms with E-state index in [1.165, 1.54) is 19.3 Å². The standard InChI is InChI=1S/C10H20/c1-5-8-10(7-3)9(4)6-2/h8-10H,4-7H2,1-3H3. The Morgan fingerprint density at radius 3 is 2.10 bits per heavy atom. The van der Waals surface area contributed by atoms with Crippen LogP contribution in [0.25, 0.3) is 0 Å². The smallest absolute Gasteiger partial charge is 0.0355 e.